The highest BCUT2D eigenvalue weighted by Crippen LogP contribution is 2.17. The van der Waals surface area contributed by atoms with Crippen LogP contribution in [0.1, 0.15) is 17.5 Å². The minimum atomic E-state index is -1.22. The molecule has 0 spiro atoms. The van der Waals surface area contributed by atoms with E-state index in [1.54, 1.807) is 0 Å². The van der Waals surface area contributed by atoms with E-state index >= 15 is 0 Å². The van der Waals surface area contributed by atoms with Crippen molar-refractivity contribution in [1.29, 1.82) is 0 Å². The molecule has 0 radical (unpaired) electrons. The van der Waals surface area contributed by atoms with E-state index in [1.807, 2.05) is 0 Å². The van der Waals surface area contributed by atoms with Crippen LogP contribution in [0.4, 0.5) is 9.18 Å². The molecule has 7 nitrogen and oxygen atoms in total. The smallest absolute Gasteiger partial charge is 0.404 e. The topological polar surface area (TPSA) is 102 Å². The zero-order chi connectivity index (χ0) is 12.1. The molecule has 0 unspecified atom stereocenters. The van der Waals surface area contributed by atoms with Crippen LogP contribution in [-0.2, 0) is 0 Å². The minimum Gasteiger partial charge on any atom is -0.471 e. The van der Waals surface area contributed by atoms with Crippen LogP contribution in [0.5, 0.6) is 5.88 Å². The van der Waals surface area contributed by atoms with Crippen molar-refractivity contribution in [2.45, 2.75) is 13.0 Å². The van der Waals surface area contributed by atoms with Crippen LogP contribution in [0.3, 0.4) is 0 Å². The molecule has 1 rings (SSSR count). The maximum absolute atomic E-state index is 13.1. The number of carboxylic acid groups (broad SMARTS) is 1. The number of carbonyl (C=O) groups is 2. The number of ether oxygens (including phenoxy) is 1. The quantitative estimate of drug-likeness (QED) is 0.723. The molecule has 1 aromatic rings. The Morgan fingerprint density at radius 1 is 1.81 bits per heavy atom. The first-order valence-electron chi connectivity index (χ1n) is 4.27. The van der Waals surface area contributed by atoms with Crippen LogP contribution < -0.4 is 10.1 Å². The van der Waals surface area contributed by atoms with Gasteiger partial charge in [-0.3, -0.25) is 4.79 Å². The summed E-state index contributed by atoms with van der Waals surface area (Å²) >= 11 is 0. The normalized spacial score (nSPS) is 11.9. The van der Waals surface area contributed by atoms with Gasteiger partial charge in [0.2, 0.25) is 11.6 Å². The minimum absolute atomic E-state index is 0.131. The lowest BCUT2D eigenvalue weighted by atomic mass is 10.4. The fourth-order valence-electron chi connectivity index (χ4n) is 0.896. The van der Waals surface area contributed by atoms with Gasteiger partial charge < -0.3 is 19.7 Å². The van der Waals surface area contributed by atoms with Gasteiger partial charge in [-0.2, -0.15) is 4.39 Å². The Kier molecular flexibility index (Phi) is 3.81. The van der Waals surface area contributed by atoms with Gasteiger partial charge in [0.1, 0.15) is 6.61 Å². The molecule has 1 atom stereocenters. The summed E-state index contributed by atoms with van der Waals surface area (Å²) in [5.74, 6) is -2.03. The Balaban J connectivity index is 2.51. The molecule has 2 N–H and O–H groups in total. The molecular weight excluding hydrogens is 223 g/mol. The van der Waals surface area contributed by atoms with Crippen LogP contribution in [0.15, 0.2) is 4.52 Å². The summed E-state index contributed by atoms with van der Waals surface area (Å²) in [5, 5.41) is 13.6. The van der Waals surface area contributed by atoms with Crippen LogP contribution in [-0.4, -0.2) is 35.3 Å². The summed E-state index contributed by atoms with van der Waals surface area (Å²) in [6.07, 6.45) is -1.06. The largest absolute Gasteiger partial charge is 0.471 e. The van der Waals surface area contributed by atoms with Crippen LogP contribution in [0.25, 0.3) is 0 Å². The number of aromatic nitrogens is 1. The first-order chi connectivity index (χ1) is 7.54. The Morgan fingerprint density at radius 2 is 2.50 bits per heavy atom. The molecule has 0 aromatic carbocycles. The predicted octanol–water partition coefficient (Wildman–Crippen LogP) is 0.661. The summed E-state index contributed by atoms with van der Waals surface area (Å²) in [6.45, 7) is 1.39. The van der Waals surface area contributed by atoms with Gasteiger partial charge in [0, 0.05) is 0 Å². The lowest BCUT2D eigenvalue weighted by molar-refractivity contribution is 0.108. The monoisotopic (exact) mass is 232 g/mol. The van der Waals surface area contributed by atoms with E-state index in [2.05, 4.69) is 15.0 Å². The summed E-state index contributed by atoms with van der Waals surface area (Å²) in [4.78, 5) is 20.4. The lowest BCUT2D eigenvalue weighted by Crippen LogP contribution is -2.35. The third-order valence-electron chi connectivity index (χ3n) is 1.58. The Bertz CT molecular complexity index is 392. The van der Waals surface area contributed by atoms with Crippen molar-refractivity contribution in [3.63, 3.8) is 0 Å². The second kappa shape index (κ2) is 5.10. The van der Waals surface area contributed by atoms with Crippen LogP contribution in [0, 0.1) is 5.82 Å². The van der Waals surface area contributed by atoms with Gasteiger partial charge in [-0.15, -0.1) is 0 Å². The number of rotatable bonds is 5. The Labute approximate surface area is 89.2 Å². The summed E-state index contributed by atoms with van der Waals surface area (Å²) in [6, 6.07) is -0.548. The van der Waals surface area contributed by atoms with Crippen LogP contribution in [0.2, 0.25) is 0 Å². The number of hydrogen-bond donors (Lipinski definition) is 2. The number of amides is 1. The van der Waals surface area contributed by atoms with Crippen molar-refractivity contribution in [1.82, 2.24) is 10.5 Å². The van der Waals surface area contributed by atoms with Crippen molar-refractivity contribution in [2.24, 2.45) is 0 Å². The van der Waals surface area contributed by atoms with E-state index < -0.39 is 29.6 Å². The molecule has 16 heavy (non-hydrogen) atoms. The highest BCUT2D eigenvalue weighted by molar-refractivity contribution is 5.71. The lowest BCUT2D eigenvalue weighted by Gasteiger charge is -2.10. The summed E-state index contributed by atoms with van der Waals surface area (Å²) in [7, 11) is 0. The van der Waals surface area contributed by atoms with Gasteiger partial charge >= 0.3 is 6.09 Å². The molecule has 0 saturated carbocycles. The molecule has 0 bridgehead atoms. The van der Waals surface area contributed by atoms with E-state index in [0.29, 0.717) is 0 Å². The van der Waals surface area contributed by atoms with Crippen molar-refractivity contribution in [3.8, 4) is 5.88 Å². The molecular formula is C8H9FN2O5. The second-order valence-corrected chi connectivity index (χ2v) is 2.95. The number of nitrogens with one attached hydrogen (secondary N) is 1. The molecule has 88 valence electrons. The highest BCUT2D eigenvalue weighted by Gasteiger charge is 2.17. The second-order valence-electron chi connectivity index (χ2n) is 2.95. The van der Waals surface area contributed by atoms with E-state index in [1.165, 1.54) is 6.92 Å². The number of aldehydes is 1. The fraction of sp³-hybridized carbons (Fsp3) is 0.375. The average molecular weight is 232 g/mol. The zero-order valence-corrected chi connectivity index (χ0v) is 8.27. The Hall–Kier alpha value is -2.12. The molecule has 1 aromatic heterocycles. The van der Waals surface area contributed by atoms with Crippen molar-refractivity contribution in [2.75, 3.05) is 6.61 Å². The van der Waals surface area contributed by atoms with Gasteiger partial charge in [-0.25, -0.2) is 4.79 Å². The molecule has 0 saturated heterocycles. The average Bonchev–Trinajstić information content (AvgIpc) is 2.55. The third-order valence-corrected chi connectivity index (χ3v) is 1.58. The van der Waals surface area contributed by atoms with E-state index in [-0.39, 0.29) is 12.9 Å². The van der Waals surface area contributed by atoms with Gasteiger partial charge in [0.25, 0.3) is 5.88 Å². The van der Waals surface area contributed by atoms with Crippen LogP contribution >= 0.6 is 0 Å². The summed E-state index contributed by atoms with van der Waals surface area (Å²) in [5.41, 5.74) is 0. The maximum Gasteiger partial charge on any atom is 0.404 e. The molecule has 1 amide bonds. The predicted molar refractivity (Wildman–Crippen MR) is 48.0 cm³/mol. The molecule has 0 fully saturated rings. The van der Waals surface area contributed by atoms with Gasteiger partial charge in [0.15, 0.2) is 6.29 Å². The summed E-state index contributed by atoms with van der Waals surface area (Å²) < 4.78 is 22.2. The highest BCUT2D eigenvalue weighted by atomic mass is 19.1. The molecule has 0 aliphatic heterocycles. The third kappa shape index (κ3) is 2.94. The van der Waals surface area contributed by atoms with E-state index in [4.69, 9.17) is 9.84 Å². The SMILES string of the molecule is C[C@@H](COc1noc(C=O)c1F)NC(=O)O. The standard InChI is InChI=1S/C8H9FN2O5/c1-4(10-8(13)14)3-15-7-6(9)5(2-12)16-11-7/h2,4,10H,3H2,1H3,(H,13,14)/t4-/m0/s1. The Morgan fingerprint density at radius 3 is 3.00 bits per heavy atom. The van der Waals surface area contributed by atoms with Crippen molar-refractivity contribution < 1.29 is 28.3 Å². The molecule has 1 heterocycles. The number of carbonyl (C=O) groups excluding carboxylic acids is 1. The van der Waals surface area contributed by atoms with E-state index in [9.17, 15) is 14.0 Å². The van der Waals surface area contributed by atoms with E-state index in [0.717, 1.165) is 0 Å². The maximum atomic E-state index is 13.1. The van der Waals surface area contributed by atoms with Gasteiger partial charge in [-0.05, 0) is 12.1 Å². The number of hydrogen-bond acceptors (Lipinski definition) is 5. The van der Waals surface area contributed by atoms with Gasteiger partial charge in [0.05, 0.1) is 6.04 Å². The molecule has 0 aliphatic rings. The first-order valence-corrected chi connectivity index (χ1v) is 4.27. The van der Waals surface area contributed by atoms with Crippen molar-refractivity contribution in [3.05, 3.63) is 11.6 Å². The number of halogens is 1. The zero-order valence-electron chi connectivity index (χ0n) is 8.27. The fourth-order valence-corrected chi connectivity index (χ4v) is 0.896. The number of nitrogens with zero attached hydrogens (tertiary/aromatic N) is 1. The first kappa shape index (κ1) is 12.0. The van der Waals surface area contributed by atoms with Crippen molar-refractivity contribution >= 4 is 12.4 Å². The molecule has 8 heteroatoms. The molecule has 0 aliphatic carbocycles. The van der Waals surface area contributed by atoms with Gasteiger partial charge in [-0.1, -0.05) is 0 Å².